The molecule has 1 aliphatic heterocycles. The van der Waals surface area contributed by atoms with Gasteiger partial charge in [0.2, 0.25) is 6.79 Å². The zero-order valence-corrected chi connectivity index (χ0v) is 20.5. The van der Waals surface area contributed by atoms with Crippen molar-refractivity contribution in [1.29, 1.82) is 0 Å². The number of amides is 2. The number of aromatic hydroxyl groups is 1. The lowest BCUT2D eigenvalue weighted by Gasteiger charge is -2.28. The third-order valence-corrected chi connectivity index (χ3v) is 5.54. The van der Waals surface area contributed by atoms with E-state index in [1.807, 2.05) is 0 Å². The lowest BCUT2D eigenvalue weighted by molar-refractivity contribution is -0.124. The zero-order valence-electron chi connectivity index (χ0n) is 18.3. The monoisotopic (exact) mass is 584 g/mol. The highest BCUT2D eigenvalue weighted by Crippen LogP contribution is 2.36. The maximum atomic E-state index is 12.8. The molecular weight excluding hydrogens is 559 g/mol. The number of ether oxygens (including phenoxy) is 4. The van der Waals surface area contributed by atoms with E-state index < -0.39 is 24.2 Å². The van der Waals surface area contributed by atoms with Gasteiger partial charge in [0.25, 0.3) is 5.91 Å². The summed E-state index contributed by atoms with van der Waals surface area (Å²) >= 11 is 2.10. The average molecular weight is 584 g/mol. The molecule has 0 fully saturated rings. The van der Waals surface area contributed by atoms with Gasteiger partial charge in [0.15, 0.2) is 17.6 Å². The highest BCUT2D eigenvalue weighted by molar-refractivity contribution is 14.1. The summed E-state index contributed by atoms with van der Waals surface area (Å²) in [5.74, 6) is 0.399. The molecule has 34 heavy (non-hydrogen) atoms. The molecule has 2 aromatic carbocycles. The number of hydroxylamine groups is 1. The second-order valence-electron chi connectivity index (χ2n) is 7.17. The maximum Gasteiger partial charge on any atom is 0.412 e. The van der Waals surface area contributed by atoms with Crippen LogP contribution >= 0.6 is 22.6 Å². The fraction of sp³-hybridized carbons (Fsp3) is 0.304. The zero-order chi connectivity index (χ0) is 24.5. The van der Waals surface area contributed by atoms with Crippen LogP contribution in [0.5, 0.6) is 17.2 Å². The van der Waals surface area contributed by atoms with E-state index in [4.69, 9.17) is 24.2 Å². The first-order valence-electron chi connectivity index (χ1n) is 10.5. The Kier molecular flexibility index (Phi) is 9.36. The number of hydrogen-bond acceptors (Lipinski definition) is 8. The van der Waals surface area contributed by atoms with Crippen molar-refractivity contribution in [3.05, 3.63) is 57.7 Å². The van der Waals surface area contributed by atoms with Crippen LogP contribution in [0.2, 0.25) is 0 Å². The summed E-state index contributed by atoms with van der Waals surface area (Å²) in [6.45, 7) is 2.25. The lowest BCUT2D eigenvalue weighted by Crippen LogP contribution is -2.29. The van der Waals surface area contributed by atoms with Crippen molar-refractivity contribution in [2.45, 2.75) is 32.0 Å². The van der Waals surface area contributed by atoms with Crippen LogP contribution < -0.4 is 20.3 Å². The third kappa shape index (κ3) is 6.98. The number of nitrogens with one attached hydrogen (secondary N) is 2. The number of rotatable bonds is 10. The topological polar surface area (TPSA) is 136 Å². The summed E-state index contributed by atoms with van der Waals surface area (Å²) in [6.07, 6.45) is 1.20. The normalized spacial score (nSPS) is 14.0. The Hall–Kier alpha value is -3.03. The van der Waals surface area contributed by atoms with E-state index in [9.17, 15) is 14.7 Å². The van der Waals surface area contributed by atoms with Gasteiger partial charge in [-0.1, -0.05) is 6.08 Å². The number of carbonyl (C=O) groups is 2. The SMILES string of the molecule is CCO[C@H](CC/C=C/C(=O)NO)[C@H](OC(=O)Nc1ccc2c(c1)OCO2)c1cc(I)ccc1O. The standard InChI is InChI=1S/C23H25IN2O8/c1-2-31-19(5-3-4-6-21(28)26-30)22(16-11-14(24)7-9-17(16)27)34-23(29)25-15-8-10-18-20(12-15)33-13-32-18/h4,6-12,19,22,27,30H,2-3,5,13H2,1H3,(H,25,29)(H,26,28)/b6-4+/t19-,22-/m1/s1. The van der Waals surface area contributed by atoms with E-state index in [0.717, 1.165) is 3.57 Å². The molecule has 0 aliphatic carbocycles. The minimum atomic E-state index is -0.941. The van der Waals surface area contributed by atoms with Gasteiger partial charge in [-0.2, -0.15) is 0 Å². The molecule has 2 aromatic rings. The van der Waals surface area contributed by atoms with Gasteiger partial charge in [-0.25, -0.2) is 10.3 Å². The summed E-state index contributed by atoms with van der Waals surface area (Å²) in [5, 5.41) is 21.8. The number of phenols is 1. The van der Waals surface area contributed by atoms with Crippen LogP contribution in [0.25, 0.3) is 0 Å². The molecule has 4 N–H and O–H groups in total. The maximum absolute atomic E-state index is 12.8. The second-order valence-corrected chi connectivity index (χ2v) is 8.42. The fourth-order valence-electron chi connectivity index (χ4n) is 3.35. The van der Waals surface area contributed by atoms with E-state index in [2.05, 4.69) is 27.9 Å². The minimum Gasteiger partial charge on any atom is -0.508 e. The van der Waals surface area contributed by atoms with Crippen molar-refractivity contribution in [2.24, 2.45) is 0 Å². The van der Waals surface area contributed by atoms with Crippen LogP contribution in [0.1, 0.15) is 31.4 Å². The largest absolute Gasteiger partial charge is 0.508 e. The summed E-state index contributed by atoms with van der Waals surface area (Å²) in [6, 6.07) is 9.93. The third-order valence-electron chi connectivity index (χ3n) is 4.86. The molecular formula is C23H25IN2O8. The van der Waals surface area contributed by atoms with Gasteiger partial charge in [-0.15, -0.1) is 0 Å². The molecule has 0 spiro atoms. The predicted octanol–water partition coefficient (Wildman–Crippen LogP) is 4.26. The van der Waals surface area contributed by atoms with E-state index in [1.165, 1.54) is 17.6 Å². The van der Waals surface area contributed by atoms with E-state index >= 15 is 0 Å². The van der Waals surface area contributed by atoms with Crippen molar-refractivity contribution in [3.63, 3.8) is 0 Å². The molecule has 0 saturated carbocycles. The minimum absolute atomic E-state index is 0.0406. The summed E-state index contributed by atoms with van der Waals surface area (Å²) in [7, 11) is 0. The average Bonchev–Trinajstić information content (AvgIpc) is 3.29. The van der Waals surface area contributed by atoms with Crippen LogP contribution in [0.15, 0.2) is 48.6 Å². The molecule has 0 saturated heterocycles. The van der Waals surface area contributed by atoms with Crippen LogP contribution in [-0.2, 0) is 14.3 Å². The van der Waals surface area contributed by atoms with E-state index in [-0.39, 0.29) is 12.5 Å². The molecule has 1 heterocycles. The van der Waals surface area contributed by atoms with Gasteiger partial charge >= 0.3 is 6.09 Å². The van der Waals surface area contributed by atoms with Gasteiger partial charge in [-0.3, -0.25) is 15.3 Å². The molecule has 2 atom stereocenters. The molecule has 0 radical (unpaired) electrons. The number of phenolic OH excluding ortho intramolecular Hbond substituents is 1. The number of hydrogen-bond donors (Lipinski definition) is 4. The molecule has 1 aliphatic rings. The molecule has 2 amide bonds. The first-order chi connectivity index (χ1) is 16.4. The summed E-state index contributed by atoms with van der Waals surface area (Å²) in [5.41, 5.74) is 2.36. The number of allylic oxidation sites excluding steroid dienone is 1. The molecule has 3 rings (SSSR count). The lowest BCUT2D eigenvalue weighted by atomic mass is 9.99. The first-order valence-corrected chi connectivity index (χ1v) is 11.6. The number of benzene rings is 2. The van der Waals surface area contributed by atoms with E-state index in [1.54, 1.807) is 43.3 Å². The highest BCUT2D eigenvalue weighted by atomic mass is 127. The van der Waals surface area contributed by atoms with Gasteiger partial charge in [0.05, 0.1) is 6.10 Å². The Morgan fingerprint density at radius 1 is 1.21 bits per heavy atom. The Bertz CT molecular complexity index is 1050. The van der Waals surface area contributed by atoms with Gasteiger partial charge in [0, 0.05) is 33.6 Å². The highest BCUT2D eigenvalue weighted by Gasteiger charge is 2.30. The van der Waals surface area contributed by atoms with Crippen molar-refractivity contribution in [2.75, 3.05) is 18.7 Å². The summed E-state index contributed by atoms with van der Waals surface area (Å²) < 4.78 is 23.1. The quantitative estimate of drug-likeness (QED) is 0.141. The number of fused-ring (bicyclic) bond motifs is 1. The Morgan fingerprint density at radius 2 is 2.00 bits per heavy atom. The molecule has 182 valence electrons. The number of halogens is 1. The molecule has 0 unspecified atom stereocenters. The second kappa shape index (κ2) is 12.4. The number of carbonyl (C=O) groups excluding carboxylic acids is 2. The molecule has 0 bridgehead atoms. The Labute approximate surface area is 209 Å². The number of anilines is 1. The van der Waals surface area contributed by atoms with Crippen LogP contribution in [0.4, 0.5) is 10.5 Å². The molecule has 0 aromatic heterocycles. The van der Waals surface area contributed by atoms with E-state index in [0.29, 0.717) is 42.2 Å². The predicted molar refractivity (Wildman–Crippen MR) is 130 cm³/mol. The summed E-state index contributed by atoms with van der Waals surface area (Å²) in [4.78, 5) is 24.0. The van der Waals surface area contributed by atoms with Crippen LogP contribution in [-0.4, -0.2) is 41.8 Å². The van der Waals surface area contributed by atoms with Gasteiger partial charge in [0.1, 0.15) is 5.75 Å². The van der Waals surface area contributed by atoms with Crippen LogP contribution in [0, 0.1) is 3.57 Å². The van der Waals surface area contributed by atoms with Crippen molar-refractivity contribution >= 4 is 40.3 Å². The smallest absolute Gasteiger partial charge is 0.412 e. The molecule has 11 heteroatoms. The van der Waals surface area contributed by atoms with Crippen LogP contribution in [0.3, 0.4) is 0 Å². The van der Waals surface area contributed by atoms with Crippen molar-refractivity contribution in [3.8, 4) is 17.2 Å². The molecule has 10 nitrogen and oxygen atoms in total. The Balaban J connectivity index is 1.80. The first kappa shape index (κ1) is 25.6. The van der Waals surface area contributed by atoms with Crippen molar-refractivity contribution in [1.82, 2.24) is 5.48 Å². The van der Waals surface area contributed by atoms with Gasteiger partial charge < -0.3 is 24.1 Å². The fourth-order valence-corrected chi connectivity index (χ4v) is 3.87. The van der Waals surface area contributed by atoms with Crippen molar-refractivity contribution < 1.29 is 38.9 Å². The van der Waals surface area contributed by atoms with Gasteiger partial charge in [-0.05, 0) is 72.7 Å². The Morgan fingerprint density at radius 3 is 2.76 bits per heavy atom.